The van der Waals surface area contributed by atoms with Crippen LogP contribution in [0.15, 0.2) is 30.3 Å². The van der Waals surface area contributed by atoms with Gasteiger partial charge in [-0.2, -0.15) is 0 Å². The lowest BCUT2D eigenvalue weighted by Crippen LogP contribution is -2.35. The summed E-state index contributed by atoms with van der Waals surface area (Å²) in [4.78, 5) is 16.4. The zero-order chi connectivity index (χ0) is 12.4. The van der Waals surface area contributed by atoms with Gasteiger partial charge in [0.15, 0.2) is 0 Å². The number of nitrogens with zero attached hydrogens (tertiary/aromatic N) is 2. The van der Waals surface area contributed by atoms with Gasteiger partial charge < -0.3 is 9.80 Å². The van der Waals surface area contributed by atoms with E-state index >= 15 is 0 Å². The van der Waals surface area contributed by atoms with Crippen LogP contribution >= 0.6 is 0 Å². The lowest BCUT2D eigenvalue weighted by atomic mass is 10.1. The summed E-state index contributed by atoms with van der Waals surface area (Å²) in [7, 11) is 4.16. The van der Waals surface area contributed by atoms with Gasteiger partial charge >= 0.3 is 0 Å². The predicted octanol–water partition coefficient (Wildman–Crippen LogP) is 1.71. The van der Waals surface area contributed by atoms with Crippen LogP contribution in [0, 0.1) is 5.92 Å². The molecule has 0 radical (unpaired) electrons. The van der Waals surface area contributed by atoms with Crippen molar-refractivity contribution in [1.82, 2.24) is 9.80 Å². The molecule has 0 bridgehead atoms. The third-order valence-electron chi connectivity index (χ3n) is 3.54. The van der Waals surface area contributed by atoms with Crippen molar-refractivity contribution in [2.75, 3.05) is 27.2 Å². The molecule has 3 nitrogen and oxygen atoms in total. The van der Waals surface area contributed by atoms with Crippen molar-refractivity contribution in [1.29, 1.82) is 0 Å². The Morgan fingerprint density at radius 1 is 1.24 bits per heavy atom. The van der Waals surface area contributed by atoms with E-state index < -0.39 is 0 Å². The van der Waals surface area contributed by atoms with E-state index in [4.69, 9.17) is 0 Å². The van der Waals surface area contributed by atoms with E-state index in [1.165, 1.54) is 0 Å². The first-order valence-corrected chi connectivity index (χ1v) is 6.10. The molecule has 2 rings (SSSR count). The first-order valence-electron chi connectivity index (χ1n) is 6.10. The number of carbonyl (C=O) groups is 1. The maximum atomic E-state index is 12.3. The molecule has 2 unspecified atom stereocenters. The standard InChI is InChI=1S/C14H20N2O/c1-11-9-16(10-13(11)15(2)3)14(17)12-7-5-4-6-8-12/h4-8,11,13H,9-10H2,1-3H3. The first kappa shape index (κ1) is 12.1. The van der Waals surface area contributed by atoms with Crippen LogP contribution in [-0.2, 0) is 0 Å². The van der Waals surface area contributed by atoms with Gasteiger partial charge in [-0.25, -0.2) is 0 Å². The van der Waals surface area contributed by atoms with E-state index in [1.807, 2.05) is 35.2 Å². The zero-order valence-corrected chi connectivity index (χ0v) is 10.8. The largest absolute Gasteiger partial charge is 0.337 e. The molecular weight excluding hydrogens is 212 g/mol. The highest BCUT2D eigenvalue weighted by Crippen LogP contribution is 2.21. The van der Waals surface area contributed by atoms with Gasteiger partial charge in [-0.05, 0) is 32.1 Å². The fraction of sp³-hybridized carbons (Fsp3) is 0.500. The number of amides is 1. The average molecular weight is 232 g/mol. The Morgan fingerprint density at radius 3 is 2.41 bits per heavy atom. The van der Waals surface area contributed by atoms with Crippen LogP contribution in [-0.4, -0.2) is 48.9 Å². The Hall–Kier alpha value is -1.35. The van der Waals surface area contributed by atoms with E-state index in [0.29, 0.717) is 12.0 Å². The molecule has 0 aliphatic carbocycles. The smallest absolute Gasteiger partial charge is 0.253 e. The predicted molar refractivity (Wildman–Crippen MR) is 69.0 cm³/mol. The quantitative estimate of drug-likeness (QED) is 0.775. The van der Waals surface area contributed by atoms with Crippen LogP contribution in [0.5, 0.6) is 0 Å². The highest BCUT2D eigenvalue weighted by Gasteiger charge is 2.33. The van der Waals surface area contributed by atoms with Crippen LogP contribution < -0.4 is 0 Å². The van der Waals surface area contributed by atoms with Gasteiger partial charge in [0, 0.05) is 24.7 Å². The molecule has 17 heavy (non-hydrogen) atoms. The molecule has 0 aromatic heterocycles. The molecule has 1 fully saturated rings. The average Bonchev–Trinajstić information content (AvgIpc) is 2.71. The van der Waals surface area contributed by atoms with Gasteiger partial charge in [0.05, 0.1) is 0 Å². The Labute approximate surface area is 103 Å². The highest BCUT2D eigenvalue weighted by atomic mass is 16.2. The molecule has 0 spiro atoms. The van der Waals surface area contributed by atoms with Gasteiger partial charge in [-0.3, -0.25) is 4.79 Å². The van der Waals surface area contributed by atoms with Gasteiger partial charge in [0.1, 0.15) is 0 Å². The van der Waals surface area contributed by atoms with Crippen LogP contribution in [0.25, 0.3) is 0 Å². The summed E-state index contributed by atoms with van der Waals surface area (Å²) in [6.07, 6.45) is 0. The van der Waals surface area contributed by atoms with Gasteiger partial charge in [0.2, 0.25) is 0 Å². The normalized spacial score (nSPS) is 24.4. The number of rotatable bonds is 2. The summed E-state index contributed by atoms with van der Waals surface area (Å²) in [5.74, 6) is 0.694. The number of likely N-dealkylation sites (tertiary alicyclic amines) is 1. The minimum absolute atomic E-state index is 0.154. The number of carbonyl (C=O) groups excluding carboxylic acids is 1. The lowest BCUT2D eigenvalue weighted by Gasteiger charge is -2.22. The minimum Gasteiger partial charge on any atom is -0.337 e. The summed E-state index contributed by atoms with van der Waals surface area (Å²) in [6, 6.07) is 10.0. The summed E-state index contributed by atoms with van der Waals surface area (Å²) >= 11 is 0. The van der Waals surface area contributed by atoms with Crippen molar-refractivity contribution in [3.05, 3.63) is 35.9 Å². The molecule has 0 saturated carbocycles. The van der Waals surface area contributed by atoms with Crippen LogP contribution in [0.4, 0.5) is 0 Å². The third-order valence-corrected chi connectivity index (χ3v) is 3.54. The molecule has 2 atom stereocenters. The molecule has 1 saturated heterocycles. The van der Waals surface area contributed by atoms with Crippen molar-refractivity contribution in [2.45, 2.75) is 13.0 Å². The van der Waals surface area contributed by atoms with Crippen molar-refractivity contribution in [3.63, 3.8) is 0 Å². The highest BCUT2D eigenvalue weighted by molar-refractivity contribution is 5.94. The topological polar surface area (TPSA) is 23.6 Å². The Morgan fingerprint density at radius 2 is 1.88 bits per heavy atom. The van der Waals surface area contributed by atoms with E-state index in [0.717, 1.165) is 18.7 Å². The second-order valence-electron chi connectivity index (χ2n) is 5.08. The summed E-state index contributed by atoms with van der Waals surface area (Å²) < 4.78 is 0. The summed E-state index contributed by atoms with van der Waals surface area (Å²) in [5.41, 5.74) is 0.791. The number of hydrogen-bond acceptors (Lipinski definition) is 2. The first-order chi connectivity index (χ1) is 8.09. The molecule has 1 amide bonds. The molecule has 1 aromatic rings. The molecule has 1 heterocycles. The maximum Gasteiger partial charge on any atom is 0.253 e. The van der Waals surface area contributed by atoms with Crippen molar-refractivity contribution >= 4 is 5.91 Å². The van der Waals surface area contributed by atoms with E-state index in [9.17, 15) is 4.79 Å². The maximum absolute atomic E-state index is 12.3. The Bertz CT molecular complexity index is 388. The van der Waals surface area contributed by atoms with Gasteiger partial charge in [0.25, 0.3) is 5.91 Å². The van der Waals surface area contributed by atoms with E-state index in [-0.39, 0.29) is 5.91 Å². The molecule has 1 aliphatic rings. The summed E-state index contributed by atoms with van der Waals surface area (Å²) in [5, 5.41) is 0. The molecule has 1 aromatic carbocycles. The Balaban J connectivity index is 2.08. The van der Waals surface area contributed by atoms with Gasteiger partial charge in [-0.1, -0.05) is 25.1 Å². The zero-order valence-electron chi connectivity index (χ0n) is 10.8. The molecular formula is C14H20N2O. The van der Waals surface area contributed by atoms with Crippen molar-refractivity contribution in [2.24, 2.45) is 5.92 Å². The second-order valence-corrected chi connectivity index (χ2v) is 5.08. The monoisotopic (exact) mass is 232 g/mol. The molecule has 92 valence electrons. The number of benzene rings is 1. The molecule has 3 heteroatoms. The molecule has 1 aliphatic heterocycles. The molecule has 0 N–H and O–H groups in total. The van der Waals surface area contributed by atoms with Crippen LogP contribution in [0.2, 0.25) is 0 Å². The summed E-state index contributed by atoms with van der Waals surface area (Å²) in [6.45, 7) is 3.90. The van der Waals surface area contributed by atoms with Crippen LogP contribution in [0.3, 0.4) is 0 Å². The van der Waals surface area contributed by atoms with E-state index in [2.05, 4.69) is 25.9 Å². The van der Waals surface area contributed by atoms with E-state index in [1.54, 1.807) is 0 Å². The second kappa shape index (κ2) is 4.88. The Kier molecular flexibility index (Phi) is 3.48. The number of hydrogen-bond donors (Lipinski definition) is 0. The number of likely N-dealkylation sites (N-methyl/N-ethyl adjacent to an activating group) is 1. The fourth-order valence-electron chi connectivity index (χ4n) is 2.55. The minimum atomic E-state index is 0.154. The lowest BCUT2D eigenvalue weighted by molar-refractivity contribution is 0.0781. The van der Waals surface area contributed by atoms with Crippen molar-refractivity contribution in [3.8, 4) is 0 Å². The SMILES string of the molecule is CC1CN(C(=O)c2ccccc2)CC1N(C)C. The fourth-order valence-corrected chi connectivity index (χ4v) is 2.55. The van der Waals surface area contributed by atoms with Crippen molar-refractivity contribution < 1.29 is 4.79 Å². The van der Waals surface area contributed by atoms with Crippen LogP contribution in [0.1, 0.15) is 17.3 Å². The van der Waals surface area contributed by atoms with Gasteiger partial charge in [-0.15, -0.1) is 0 Å². The third kappa shape index (κ3) is 2.50.